The number of ketones is 2. The van der Waals surface area contributed by atoms with Crippen LogP contribution in [0.2, 0.25) is 0 Å². The molecule has 0 heterocycles. The molecular formula is C78H143N7O22. The normalized spacial score (nSPS) is 11.9. The maximum absolute atomic E-state index is 12.9. The molecule has 0 aromatic heterocycles. The first-order valence-corrected chi connectivity index (χ1v) is 40.0. The summed E-state index contributed by atoms with van der Waals surface area (Å²) in [6.45, 7) is 15.4. The standard InChI is InChI=1S/C44H81N3O11.C34H62N4O11/c1-8-54-34-36(48)24-23-29-45-40(51)35-56-33-32-55-31-30-46-38(49)28-27-37(42(53)58-44(5,6)7)47-39(50)25-21-19-17-15-13-11-9-10-12-14-16-18-20-22-26-41(52)57-43(2,3)4;35-49-26-28(39)16-15-21-36-32(42)27-48-25-24-47-23-22-37-30(40)20-19-29(34(45)46)38-31(41)17-13-11-9-7-5-3-1-2-4-6-8-10-12-14-18-33(43)44/h37H,8-35H2,1-7H3,(H,45,51)(H,46,49)(H,47,50);29H,1-27,35H2,(H,36,42)(H,37,40)(H,38,41)(H,43,44)(H,45,46)/t37-;29-/m00/s1. The highest BCUT2D eigenvalue weighted by Crippen LogP contribution is 2.18. The van der Waals surface area contributed by atoms with Crippen molar-refractivity contribution >= 4 is 70.9 Å². The van der Waals surface area contributed by atoms with Crippen molar-refractivity contribution < 1.29 is 106 Å². The lowest BCUT2D eigenvalue weighted by Gasteiger charge is -2.24. The van der Waals surface area contributed by atoms with Gasteiger partial charge in [-0.25, -0.2) is 15.5 Å². The molecule has 6 amide bonds. The number of esters is 2. The van der Waals surface area contributed by atoms with Crippen molar-refractivity contribution in [3.8, 4) is 0 Å². The zero-order chi connectivity index (χ0) is 79.9. The second-order valence-electron chi connectivity index (χ2n) is 29.0. The smallest absolute Gasteiger partial charge is 0.329 e. The van der Waals surface area contributed by atoms with Gasteiger partial charge in [-0.2, -0.15) is 0 Å². The first-order chi connectivity index (χ1) is 51.2. The van der Waals surface area contributed by atoms with Crippen LogP contribution in [-0.2, 0) is 95.5 Å². The Balaban J connectivity index is 0. The quantitative estimate of drug-likeness (QED) is 0.0155. The largest absolute Gasteiger partial charge is 0.481 e. The lowest BCUT2D eigenvalue weighted by atomic mass is 10.0. The summed E-state index contributed by atoms with van der Waals surface area (Å²) in [6, 6.07) is -2.05. The number of carbonyl (C=O) groups excluding carboxylic acids is 10. The van der Waals surface area contributed by atoms with Crippen molar-refractivity contribution in [2.45, 2.75) is 329 Å². The predicted octanol–water partition coefficient (Wildman–Crippen LogP) is 10.00. The van der Waals surface area contributed by atoms with E-state index in [9.17, 15) is 62.6 Å². The molecule has 0 saturated heterocycles. The van der Waals surface area contributed by atoms with Gasteiger partial charge >= 0.3 is 23.9 Å². The van der Waals surface area contributed by atoms with Crippen LogP contribution in [0, 0.1) is 0 Å². The van der Waals surface area contributed by atoms with Crippen LogP contribution >= 0.6 is 0 Å². The third-order valence-corrected chi connectivity index (χ3v) is 16.4. The molecule has 107 heavy (non-hydrogen) atoms. The number of hydrogen-bond acceptors (Lipinski definition) is 21. The summed E-state index contributed by atoms with van der Waals surface area (Å²) in [6.07, 6.45) is 33.9. The Morgan fingerprint density at radius 1 is 0.327 bits per heavy atom. The molecule has 2 atom stereocenters. The Bertz CT molecular complexity index is 2370. The van der Waals surface area contributed by atoms with Crippen LogP contribution in [0.1, 0.15) is 305 Å². The van der Waals surface area contributed by atoms with Gasteiger partial charge in [0.1, 0.15) is 49.7 Å². The van der Waals surface area contributed by atoms with Gasteiger partial charge in [-0.3, -0.25) is 52.8 Å². The molecule has 0 aromatic carbocycles. The number of aliphatic carboxylic acids is 2. The van der Waals surface area contributed by atoms with E-state index >= 15 is 0 Å². The molecule has 0 aliphatic rings. The zero-order valence-electron chi connectivity index (χ0n) is 66.7. The molecule has 0 aromatic rings. The predicted molar refractivity (Wildman–Crippen MR) is 407 cm³/mol. The first-order valence-electron chi connectivity index (χ1n) is 40.0. The van der Waals surface area contributed by atoms with Crippen molar-refractivity contribution in [3.63, 3.8) is 0 Å². The molecule has 0 fully saturated rings. The van der Waals surface area contributed by atoms with Gasteiger partial charge < -0.3 is 75.3 Å². The lowest BCUT2D eigenvalue weighted by Crippen LogP contribution is -2.44. The molecule has 0 aliphatic heterocycles. The summed E-state index contributed by atoms with van der Waals surface area (Å²) in [5, 5.41) is 34.1. The number of carboxylic acids is 2. The van der Waals surface area contributed by atoms with Gasteiger partial charge in [-0.1, -0.05) is 154 Å². The Morgan fingerprint density at radius 2 is 0.664 bits per heavy atom. The van der Waals surface area contributed by atoms with Gasteiger partial charge in [0, 0.05) is 84.2 Å². The van der Waals surface area contributed by atoms with Crippen molar-refractivity contribution in [1.29, 1.82) is 0 Å². The van der Waals surface area contributed by atoms with Crippen LogP contribution in [-0.4, -0.2) is 203 Å². The molecule has 622 valence electrons. The molecule has 10 N–H and O–H groups in total. The molecule has 0 saturated carbocycles. The molecule has 0 bridgehead atoms. The highest BCUT2D eigenvalue weighted by molar-refractivity contribution is 5.86. The maximum Gasteiger partial charge on any atom is 0.329 e. The van der Waals surface area contributed by atoms with Gasteiger partial charge in [0.2, 0.25) is 35.4 Å². The number of amides is 6. The highest BCUT2D eigenvalue weighted by atomic mass is 16.6. The minimum absolute atomic E-state index is 0.00426. The summed E-state index contributed by atoms with van der Waals surface area (Å²) in [5.41, 5.74) is -1.14. The molecule has 0 unspecified atom stereocenters. The second-order valence-corrected chi connectivity index (χ2v) is 29.0. The Kier molecular flexibility index (Phi) is 68.6. The molecule has 0 spiro atoms. The van der Waals surface area contributed by atoms with E-state index in [2.05, 4.69) is 36.7 Å². The van der Waals surface area contributed by atoms with E-state index in [0.29, 0.717) is 58.2 Å². The van der Waals surface area contributed by atoms with E-state index in [-0.39, 0.29) is 177 Å². The first kappa shape index (κ1) is 103. The minimum atomic E-state index is -1.18. The van der Waals surface area contributed by atoms with E-state index in [1.54, 1.807) is 20.8 Å². The number of hydrogen-bond donors (Lipinski definition) is 9. The van der Waals surface area contributed by atoms with Crippen LogP contribution in [0.15, 0.2) is 0 Å². The zero-order valence-corrected chi connectivity index (χ0v) is 66.7. The van der Waals surface area contributed by atoms with E-state index in [1.165, 1.54) is 96.3 Å². The monoisotopic (exact) mass is 1530 g/mol. The number of nitrogens with two attached hydrogens (primary N) is 1. The summed E-state index contributed by atoms with van der Waals surface area (Å²) in [4.78, 5) is 147. The van der Waals surface area contributed by atoms with E-state index in [1.807, 2.05) is 27.7 Å². The highest BCUT2D eigenvalue weighted by Gasteiger charge is 2.28. The van der Waals surface area contributed by atoms with Gasteiger partial charge in [0.25, 0.3) is 0 Å². The van der Waals surface area contributed by atoms with Gasteiger partial charge in [0.05, 0.1) is 39.6 Å². The molecular weight excluding hydrogens is 1390 g/mol. The van der Waals surface area contributed by atoms with Crippen LogP contribution in [0.25, 0.3) is 0 Å². The number of unbranched alkanes of at least 4 members (excludes halogenated alkanes) is 26. The molecule has 29 nitrogen and oxygen atoms in total. The van der Waals surface area contributed by atoms with Gasteiger partial charge in [-0.05, 0) is 99.8 Å². The fourth-order valence-electron chi connectivity index (χ4n) is 10.8. The van der Waals surface area contributed by atoms with Crippen LogP contribution in [0.3, 0.4) is 0 Å². The summed E-state index contributed by atoms with van der Waals surface area (Å²) in [7, 11) is 0. The number of Topliss-reactive ketones (excluding diaryl/α,β-unsaturated/α-hetero) is 2. The van der Waals surface area contributed by atoms with Crippen molar-refractivity contribution in [1.82, 2.24) is 31.9 Å². The van der Waals surface area contributed by atoms with Gasteiger partial charge in [0.15, 0.2) is 11.6 Å². The van der Waals surface area contributed by atoms with Crippen molar-refractivity contribution in [2.75, 3.05) is 98.9 Å². The third kappa shape index (κ3) is 77.7. The van der Waals surface area contributed by atoms with E-state index in [0.717, 1.165) is 77.0 Å². The molecule has 29 heteroatoms. The minimum Gasteiger partial charge on any atom is -0.481 e. The number of nitrogens with one attached hydrogen (secondary N) is 6. The van der Waals surface area contributed by atoms with Crippen LogP contribution < -0.4 is 37.8 Å². The van der Waals surface area contributed by atoms with E-state index in [4.69, 9.17) is 44.2 Å². The molecule has 0 rings (SSSR count). The Hall–Kier alpha value is -6.24. The summed E-state index contributed by atoms with van der Waals surface area (Å²) in [5.74, 6) is 0.363. The SMILES string of the molecule is CCOCC(=O)CCCNC(=O)COCCOCCNC(=O)CC[C@H](NC(=O)CCCCCCCCCCCCCCCCC(=O)OC(C)(C)C)C(=O)OC(C)(C)C.NOCC(=O)CCCNC(=O)COCCOCCNC(=O)CC[C@H](NC(=O)CCCCCCCCCCCCCCCCC(=O)O)C(=O)O. The molecule has 0 radical (unpaired) electrons. The Morgan fingerprint density at radius 3 is 1.03 bits per heavy atom. The van der Waals surface area contributed by atoms with Crippen molar-refractivity contribution in [2.24, 2.45) is 5.90 Å². The van der Waals surface area contributed by atoms with Crippen molar-refractivity contribution in [3.05, 3.63) is 0 Å². The summed E-state index contributed by atoms with van der Waals surface area (Å²) < 4.78 is 37.2. The number of rotatable bonds is 73. The topological polar surface area (TPSA) is 417 Å². The number of carbonyl (C=O) groups is 12. The van der Waals surface area contributed by atoms with E-state index < -0.39 is 41.2 Å². The average Bonchev–Trinajstić information content (AvgIpc) is 0.891. The fourth-order valence-corrected chi connectivity index (χ4v) is 10.8. The average molecular weight is 1530 g/mol. The summed E-state index contributed by atoms with van der Waals surface area (Å²) >= 11 is 0. The lowest BCUT2D eigenvalue weighted by molar-refractivity contribution is -0.159. The maximum atomic E-state index is 12.9. The number of ether oxygens (including phenoxy) is 7. The molecule has 0 aliphatic carbocycles. The van der Waals surface area contributed by atoms with Crippen LogP contribution in [0.4, 0.5) is 0 Å². The third-order valence-electron chi connectivity index (χ3n) is 16.4. The van der Waals surface area contributed by atoms with Crippen LogP contribution in [0.5, 0.6) is 0 Å². The fraction of sp³-hybridized carbons (Fsp3) is 0.846. The Labute approximate surface area is 639 Å². The van der Waals surface area contributed by atoms with Gasteiger partial charge in [-0.15, -0.1) is 0 Å². The second kappa shape index (κ2) is 71.4. The number of carboxylic acid groups (broad SMARTS) is 2.